The minimum atomic E-state index is -1.08. The number of aliphatic carboxylic acids is 1. The summed E-state index contributed by atoms with van der Waals surface area (Å²) in [6.07, 6.45) is 10.1. The molecule has 1 aliphatic rings. The number of ether oxygens (including phenoxy) is 1. The van der Waals surface area contributed by atoms with Gasteiger partial charge in [-0.3, -0.25) is 14.3 Å². The van der Waals surface area contributed by atoms with Crippen molar-refractivity contribution in [2.45, 2.75) is 52.8 Å². The largest absolute Gasteiger partial charge is 0.480 e. The Morgan fingerprint density at radius 2 is 1.92 bits per heavy atom. The van der Waals surface area contributed by atoms with Crippen LogP contribution in [0.5, 0.6) is 0 Å². The predicted molar refractivity (Wildman–Crippen MR) is 144 cm³/mol. The molecule has 0 aliphatic carbocycles. The lowest BCUT2D eigenvalue weighted by atomic mass is 10.1. The van der Waals surface area contributed by atoms with Crippen molar-refractivity contribution in [2.24, 2.45) is 0 Å². The minimum absolute atomic E-state index is 0.0907. The van der Waals surface area contributed by atoms with Gasteiger partial charge >= 0.3 is 11.7 Å². The summed E-state index contributed by atoms with van der Waals surface area (Å²) >= 11 is 0. The summed E-state index contributed by atoms with van der Waals surface area (Å²) < 4.78 is 10.5. The quantitative estimate of drug-likeness (QED) is 0.361. The van der Waals surface area contributed by atoms with Gasteiger partial charge in [0.05, 0.1) is 28.9 Å². The van der Waals surface area contributed by atoms with Gasteiger partial charge in [-0.1, -0.05) is 26.0 Å². The second kappa shape index (κ2) is 10.6. The molecule has 0 bridgehead atoms. The molecule has 1 aromatic carbocycles. The van der Waals surface area contributed by atoms with Gasteiger partial charge in [0.15, 0.2) is 6.23 Å². The van der Waals surface area contributed by atoms with Crippen LogP contribution in [0.3, 0.4) is 0 Å². The lowest BCUT2D eigenvalue weighted by Gasteiger charge is -2.23. The summed E-state index contributed by atoms with van der Waals surface area (Å²) in [6, 6.07) is 9.09. The zero-order chi connectivity index (χ0) is 26.8. The van der Waals surface area contributed by atoms with E-state index in [1.54, 1.807) is 30.7 Å². The molecule has 6 rings (SSSR count). The highest BCUT2D eigenvalue weighted by Gasteiger charge is 2.21. The van der Waals surface area contributed by atoms with Gasteiger partial charge in [0, 0.05) is 35.5 Å². The number of carboxylic acids is 1. The minimum Gasteiger partial charge on any atom is -0.480 e. The zero-order valence-electron chi connectivity index (χ0n) is 21.7. The topological polar surface area (TPSA) is 117 Å². The molecule has 0 amide bonds. The van der Waals surface area contributed by atoms with E-state index in [9.17, 15) is 14.7 Å². The summed E-state index contributed by atoms with van der Waals surface area (Å²) in [5.41, 5.74) is 4.21. The lowest BCUT2D eigenvalue weighted by molar-refractivity contribution is -0.137. The fraction of sp³-hybridized carbons (Fsp3) is 0.321. The number of pyridine rings is 2. The van der Waals surface area contributed by atoms with Gasteiger partial charge in [-0.2, -0.15) is 5.10 Å². The van der Waals surface area contributed by atoms with Crippen molar-refractivity contribution in [1.29, 1.82) is 0 Å². The van der Waals surface area contributed by atoms with Gasteiger partial charge in [-0.15, -0.1) is 0 Å². The SMILES string of the molecule is CC.Cc1cccc2c1n(-c1ccc(-c3cncc4c3cnn4C3CCCCO3)cn1)c(=O)n2CC(=O)O. The van der Waals surface area contributed by atoms with Crippen molar-refractivity contribution in [3.63, 3.8) is 0 Å². The second-order valence-electron chi connectivity index (χ2n) is 8.98. The number of fused-ring (bicyclic) bond motifs is 2. The maximum atomic E-state index is 13.2. The summed E-state index contributed by atoms with van der Waals surface area (Å²) in [4.78, 5) is 33.7. The predicted octanol–water partition coefficient (Wildman–Crippen LogP) is 4.72. The van der Waals surface area contributed by atoms with Gasteiger partial charge in [-0.05, 0) is 49.9 Å². The second-order valence-corrected chi connectivity index (χ2v) is 8.98. The van der Waals surface area contributed by atoms with Gasteiger partial charge < -0.3 is 9.84 Å². The smallest absolute Gasteiger partial charge is 0.335 e. The van der Waals surface area contributed by atoms with E-state index in [1.807, 2.05) is 49.8 Å². The van der Waals surface area contributed by atoms with E-state index >= 15 is 0 Å². The van der Waals surface area contributed by atoms with Gasteiger partial charge in [0.25, 0.3) is 0 Å². The van der Waals surface area contributed by atoms with Gasteiger partial charge in [0.1, 0.15) is 12.4 Å². The van der Waals surface area contributed by atoms with Crippen molar-refractivity contribution in [3.8, 4) is 16.9 Å². The van der Waals surface area contributed by atoms with Crippen molar-refractivity contribution in [2.75, 3.05) is 6.61 Å². The van der Waals surface area contributed by atoms with Crippen LogP contribution in [-0.2, 0) is 16.1 Å². The molecular weight excluding hydrogens is 484 g/mol. The summed E-state index contributed by atoms with van der Waals surface area (Å²) in [7, 11) is 0. The van der Waals surface area contributed by atoms with Gasteiger partial charge in [-0.25, -0.2) is 19.0 Å². The normalized spacial score (nSPS) is 15.4. The van der Waals surface area contributed by atoms with E-state index in [-0.39, 0.29) is 6.23 Å². The number of imidazole rings is 1. The highest BCUT2D eigenvalue weighted by Crippen LogP contribution is 2.31. The molecule has 1 saturated heterocycles. The van der Waals surface area contributed by atoms with Crippen LogP contribution in [0, 0.1) is 6.92 Å². The van der Waals surface area contributed by atoms with Crippen LogP contribution < -0.4 is 5.69 Å². The first-order valence-electron chi connectivity index (χ1n) is 12.8. The molecule has 1 N–H and O–H groups in total. The molecule has 5 aromatic rings. The molecule has 38 heavy (non-hydrogen) atoms. The Hall–Kier alpha value is -4.31. The standard InChI is InChI=1S/C26H24N6O4.C2H6/c1-16-5-4-6-20-25(16)31(26(35)30(20)15-24(33)34)22-9-8-17(11-28-22)18-12-27-14-21-19(18)13-29-32(21)23-7-2-3-10-36-23;1-2/h4-6,8-9,11-14,23H,2-3,7,10,15H2,1H3,(H,33,34);1-2H3. The molecule has 5 heterocycles. The van der Waals surface area contributed by atoms with Crippen molar-refractivity contribution in [3.05, 3.63) is 71.2 Å². The van der Waals surface area contributed by atoms with Crippen molar-refractivity contribution >= 4 is 27.9 Å². The number of carbonyl (C=O) groups is 1. The molecular formula is C28H30N6O4. The van der Waals surface area contributed by atoms with Gasteiger partial charge in [0.2, 0.25) is 0 Å². The number of aryl methyl sites for hydroxylation is 1. The fourth-order valence-electron chi connectivity index (χ4n) is 4.99. The van der Waals surface area contributed by atoms with Crippen LogP contribution in [0.2, 0.25) is 0 Å². The van der Waals surface area contributed by atoms with Crippen LogP contribution >= 0.6 is 0 Å². The molecule has 196 valence electrons. The Kier molecular flexibility index (Phi) is 7.06. The maximum Gasteiger partial charge on any atom is 0.335 e. The zero-order valence-corrected chi connectivity index (χ0v) is 21.7. The molecule has 1 fully saturated rings. The molecule has 0 saturated carbocycles. The third-order valence-electron chi connectivity index (χ3n) is 6.69. The first-order chi connectivity index (χ1) is 18.5. The average molecular weight is 515 g/mol. The van der Waals surface area contributed by atoms with E-state index in [1.165, 1.54) is 9.13 Å². The Labute approximate surface area is 219 Å². The Bertz CT molecular complexity index is 1660. The third-order valence-corrected chi connectivity index (χ3v) is 6.69. The third kappa shape index (κ3) is 4.37. The monoisotopic (exact) mass is 514 g/mol. The number of para-hydroxylation sites is 1. The number of aromatic nitrogens is 6. The highest BCUT2D eigenvalue weighted by atomic mass is 16.5. The first-order valence-corrected chi connectivity index (χ1v) is 12.8. The molecule has 4 aromatic heterocycles. The summed E-state index contributed by atoms with van der Waals surface area (Å²) in [6.45, 7) is 6.19. The average Bonchev–Trinajstić information content (AvgIpc) is 3.50. The molecule has 1 atom stereocenters. The van der Waals surface area contributed by atoms with E-state index in [2.05, 4.69) is 15.1 Å². The number of nitrogens with zero attached hydrogens (tertiary/aromatic N) is 6. The van der Waals surface area contributed by atoms with E-state index in [4.69, 9.17) is 4.74 Å². The Morgan fingerprint density at radius 1 is 1.08 bits per heavy atom. The number of carboxylic acid groups (broad SMARTS) is 1. The molecule has 1 aliphatic heterocycles. The van der Waals surface area contributed by atoms with Crippen LogP contribution in [0.25, 0.3) is 38.9 Å². The van der Waals surface area contributed by atoms with Crippen LogP contribution in [0.4, 0.5) is 0 Å². The maximum absolute atomic E-state index is 13.2. The lowest BCUT2D eigenvalue weighted by Crippen LogP contribution is -2.26. The summed E-state index contributed by atoms with van der Waals surface area (Å²) in [5, 5.41) is 14.9. The fourth-order valence-corrected chi connectivity index (χ4v) is 4.99. The van der Waals surface area contributed by atoms with Crippen molar-refractivity contribution in [1.82, 2.24) is 28.9 Å². The van der Waals surface area contributed by atoms with E-state index < -0.39 is 18.2 Å². The van der Waals surface area contributed by atoms with Crippen LogP contribution in [0.15, 0.2) is 59.9 Å². The molecule has 0 spiro atoms. The van der Waals surface area contributed by atoms with E-state index in [0.29, 0.717) is 16.9 Å². The molecule has 1 unspecified atom stereocenters. The van der Waals surface area contributed by atoms with Crippen LogP contribution in [-0.4, -0.2) is 46.6 Å². The number of hydrogen-bond acceptors (Lipinski definition) is 6. The molecule has 10 heteroatoms. The van der Waals surface area contributed by atoms with Crippen molar-refractivity contribution < 1.29 is 14.6 Å². The van der Waals surface area contributed by atoms with Crippen LogP contribution in [0.1, 0.15) is 44.9 Å². The number of hydrogen-bond donors (Lipinski definition) is 1. The highest BCUT2D eigenvalue weighted by molar-refractivity contribution is 5.93. The molecule has 0 radical (unpaired) electrons. The Morgan fingerprint density at radius 3 is 2.63 bits per heavy atom. The van der Waals surface area contributed by atoms with E-state index in [0.717, 1.165) is 53.5 Å². The number of benzene rings is 1. The molecule has 10 nitrogen and oxygen atoms in total. The summed E-state index contributed by atoms with van der Waals surface area (Å²) in [5.74, 6) is -0.667. The number of rotatable bonds is 5. The first kappa shape index (κ1) is 25.3. The Balaban J connectivity index is 0.00000144.